The molecular formula is C56H57N3S. The molecule has 3 nitrogen and oxygen atoms in total. The number of anilines is 8. The number of rotatable bonds is 9. The monoisotopic (exact) mass is 803 g/mol. The molecule has 7 aromatic rings. The quantitative estimate of drug-likeness (QED) is 0.144. The van der Waals surface area contributed by atoms with Crippen LogP contribution < -0.4 is 14.7 Å². The summed E-state index contributed by atoms with van der Waals surface area (Å²) in [6.45, 7) is 7.34. The second-order valence-corrected chi connectivity index (χ2v) is 19.1. The van der Waals surface area contributed by atoms with E-state index in [0.717, 1.165) is 28.4 Å². The van der Waals surface area contributed by atoms with E-state index in [9.17, 15) is 0 Å². The number of hydrogen-bond acceptors (Lipinski definition) is 4. The van der Waals surface area contributed by atoms with Gasteiger partial charge in [0.15, 0.2) is 0 Å². The second-order valence-electron chi connectivity index (χ2n) is 18.0. The Morgan fingerprint density at radius 2 is 1.15 bits per heavy atom. The molecule has 0 radical (unpaired) electrons. The SMILES string of the molecule is Cc1cc(N(c2cc(N(c3ccccc3)c3ccccc3)cc(N3c4ccc(C5CCCCC5)cc4C4(CCCCC4)C3(C)C)c2)c2ccccc2-c2ccccc2)cs1. The minimum atomic E-state index is -0.160. The third-order valence-electron chi connectivity index (χ3n) is 14.2. The van der Waals surface area contributed by atoms with Crippen LogP contribution in [0.4, 0.5) is 45.5 Å². The van der Waals surface area contributed by atoms with Gasteiger partial charge >= 0.3 is 0 Å². The van der Waals surface area contributed by atoms with Gasteiger partial charge in [0.05, 0.1) is 22.7 Å². The number of nitrogens with zero attached hydrogens (tertiary/aromatic N) is 3. The molecular weight excluding hydrogens is 747 g/mol. The summed E-state index contributed by atoms with van der Waals surface area (Å²) in [5.74, 6) is 0.675. The molecule has 0 atom stereocenters. The summed E-state index contributed by atoms with van der Waals surface area (Å²) in [5.41, 5.74) is 15.0. The van der Waals surface area contributed by atoms with E-state index in [1.54, 1.807) is 11.1 Å². The van der Waals surface area contributed by atoms with E-state index < -0.39 is 0 Å². The largest absolute Gasteiger partial charge is 0.335 e. The first-order chi connectivity index (χ1) is 29.4. The summed E-state index contributed by atoms with van der Waals surface area (Å²) in [6.07, 6.45) is 13.1. The van der Waals surface area contributed by atoms with Crippen molar-refractivity contribution in [2.45, 2.75) is 102 Å². The number of aryl methyl sites for hydroxylation is 1. The van der Waals surface area contributed by atoms with Crippen molar-refractivity contribution in [1.29, 1.82) is 0 Å². The summed E-state index contributed by atoms with van der Waals surface area (Å²) in [6, 6.07) is 59.1. The van der Waals surface area contributed by atoms with Crippen LogP contribution in [-0.4, -0.2) is 5.54 Å². The van der Waals surface area contributed by atoms with Crippen LogP contribution in [0, 0.1) is 6.92 Å². The zero-order chi connectivity index (χ0) is 40.7. The molecule has 0 N–H and O–H groups in total. The standard InChI is InChI=1S/C56H57N3S/c1-41-35-50(40-60-41)58(53-30-18-17-29-51(53)43-23-11-5-12-24-43)48-37-47(57(45-25-13-6-14-26-45)46-27-15-7-16-28-46)38-49(39-48)59-54-32-31-44(42-21-9-4-10-22-42)36-52(54)56(55(59,2)3)33-19-8-20-34-56/h5-7,11-18,23-32,35-40,42H,4,8-10,19-22,33-34H2,1-3H3. The lowest BCUT2D eigenvalue weighted by Gasteiger charge is -2.49. The molecule has 2 aliphatic carbocycles. The van der Waals surface area contributed by atoms with Crippen molar-refractivity contribution in [2.24, 2.45) is 0 Å². The van der Waals surface area contributed by atoms with Crippen molar-refractivity contribution in [3.8, 4) is 11.1 Å². The van der Waals surface area contributed by atoms with Gasteiger partial charge in [-0.2, -0.15) is 0 Å². The topological polar surface area (TPSA) is 9.72 Å². The minimum Gasteiger partial charge on any atom is -0.335 e. The highest BCUT2D eigenvalue weighted by Crippen LogP contribution is 2.62. The van der Waals surface area contributed by atoms with E-state index in [1.807, 2.05) is 11.3 Å². The average molecular weight is 804 g/mol. The fourth-order valence-corrected chi connectivity index (χ4v) is 11.9. The van der Waals surface area contributed by atoms with Gasteiger partial charge in [-0.1, -0.05) is 136 Å². The van der Waals surface area contributed by atoms with Crippen molar-refractivity contribution in [3.05, 3.63) is 179 Å². The molecule has 3 aliphatic rings. The summed E-state index contributed by atoms with van der Waals surface area (Å²) in [4.78, 5) is 9.01. The Labute approximate surface area is 362 Å². The maximum atomic E-state index is 2.76. The number of fused-ring (bicyclic) bond motifs is 2. The lowest BCUT2D eigenvalue weighted by molar-refractivity contribution is 0.199. The molecule has 0 amide bonds. The van der Waals surface area contributed by atoms with E-state index in [-0.39, 0.29) is 11.0 Å². The Hall–Kier alpha value is -5.58. The molecule has 0 saturated heterocycles. The van der Waals surface area contributed by atoms with Gasteiger partial charge < -0.3 is 14.7 Å². The molecule has 1 aromatic heterocycles. The van der Waals surface area contributed by atoms with Crippen molar-refractivity contribution in [2.75, 3.05) is 14.7 Å². The highest BCUT2D eigenvalue weighted by atomic mass is 32.1. The van der Waals surface area contributed by atoms with Crippen LogP contribution in [0.2, 0.25) is 0 Å². The maximum absolute atomic E-state index is 2.76. The molecule has 1 spiro atoms. The second kappa shape index (κ2) is 16.1. The molecule has 1 aliphatic heterocycles. The summed E-state index contributed by atoms with van der Waals surface area (Å²) < 4.78 is 0. The summed E-state index contributed by atoms with van der Waals surface area (Å²) in [7, 11) is 0. The lowest BCUT2D eigenvalue weighted by Crippen LogP contribution is -2.53. The molecule has 302 valence electrons. The van der Waals surface area contributed by atoms with E-state index in [4.69, 9.17) is 0 Å². The van der Waals surface area contributed by atoms with Gasteiger partial charge in [-0.15, -0.1) is 11.3 Å². The molecule has 2 saturated carbocycles. The van der Waals surface area contributed by atoms with Crippen molar-refractivity contribution in [3.63, 3.8) is 0 Å². The first-order valence-corrected chi connectivity index (χ1v) is 23.3. The Kier molecular flexibility index (Phi) is 10.4. The lowest BCUT2D eigenvalue weighted by atomic mass is 9.61. The van der Waals surface area contributed by atoms with E-state index in [1.165, 1.54) is 97.3 Å². The van der Waals surface area contributed by atoms with Gasteiger partial charge in [-0.05, 0) is 130 Å². The predicted molar refractivity (Wildman–Crippen MR) is 257 cm³/mol. The van der Waals surface area contributed by atoms with Crippen LogP contribution in [0.3, 0.4) is 0 Å². The highest BCUT2D eigenvalue weighted by molar-refractivity contribution is 7.10. The van der Waals surface area contributed by atoms with Gasteiger partial charge in [0.1, 0.15) is 0 Å². The van der Waals surface area contributed by atoms with Crippen LogP contribution in [-0.2, 0) is 5.41 Å². The molecule has 10 rings (SSSR count). The third-order valence-corrected chi connectivity index (χ3v) is 15.0. The summed E-state index contributed by atoms with van der Waals surface area (Å²) >= 11 is 1.81. The first-order valence-electron chi connectivity index (χ1n) is 22.4. The number of thiophene rings is 1. The van der Waals surface area contributed by atoms with Crippen molar-refractivity contribution in [1.82, 2.24) is 0 Å². The Morgan fingerprint density at radius 3 is 1.80 bits per heavy atom. The molecule has 0 bridgehead atoms. The predicted octanol–water partition coefficient (Wildman–Crippen LogP) is 16.8. The van der Waals surface area contributed by atoms with E-state index >= 15 is 0 Å². The zero-order valence-electron chi connectivity index (χ0n) is 35.5. The van der Waals surface area contributed by atoms with Gasteiger partial charge in [-0.25, -0.2) is 0 Å². The van der Waals surface area contributed by atoms with Crippen LogP contribution in [0.1, 0.15) is 100.0 Å². The normalized spacial score (nSPS) is 17.1. The van der Waals surface area contributed by atoms with Gasteiger partial charge in [0.2, 0.25) is 0 Å². The van der Waals surface area contributed by atoms with Gasteiger partial charge in [-0.3, -0.25) is 0 Å². The maximum Gasteiger partial charge on any atom is 0.0571 e. The molecule has 4 heteroatoms. The molecule has 60 heavy (non-hydrogen) atoms. The Morgan fingerprint density at radius 1 is 0.550 bits per heavy atom. The smallest absolute Gasteiger partial charge is 0.0571 e. The number of para-hydroxylation sites is 3. The molecule has 6 aromatic carbocycles. The fourth-order valence-electron chi connectivity index (χ4n) is 11.2. The van der Waals surface area contributed by atoms with Crippen LogP contribution in [0.25, 0.3) is 11.1 Å². The van der Waals surface area contributed by atoms with Gasteiger partial charge in [0, 0.05) is 49.5 Å². The fraction of sp³-hybridized carbons (Fsp3) is 0.286. The number of benzene rings is 6. The molecule has 2 heterocycles. The number of hydrogen-bond donors (Lipinski definition) is 0. The van der Waals surface area contributed by atoms with Gasteiger partial charge in [0.25, 0.3) is 0 Å². The van der Waals surface area contributed by atoms with Crippen molar-refractivity contribution >= 4 is 56.8 Å². The van der Waals surface area contributed by atoms with Crippen molar-refractivity contribution < 1.29 is 0 Å². The Balaban J connectivity index is 1.24. The highest BCUT2D eigenvalue weighted by Gasteiger charge is 2.57. The molecule has 0 unspecified atom stereocenters. The van der Waals surface area contributed by atoms with Crippen LogP contribution in [0.5, 0.6) is 0 Å². The first kappa shape index (κ1) is 38.6. The summed E-state index contributed by atoms with van der Waals surface area (Å²) in [5, 5.41) is 2.33. The average Bonchev–Trinajstić information content (AvgIpc) is 3.80. The van der Waals surface area contributed by atoms with E-state index in [2.05, 4.69) is 199 Å². The third kappa shape index (κ3) is 6.83. The van der Waals surface area contributed by atoms with Crippen LogP contribution in [0.15, 0.2) is 163 Å². The Bertz CT molecular complexity index is 2520. The molecule has 2 fully saturated rings. The van der Waals surface area contributed by atoms with Crippen LogP contribution >= 0.6 is 11.3 Å². The van der Waals surface area contributed by atoms with E-state index in [0.29, 0.717) is 5.92 Å². The zero-order valence-corrected chi connectivity index (χ0v) is 36.3. The minimum absolute atomic E-state index is 0.0735.